The van der Waals surface area contributed by atoms with Gasteiger partial charge in [0.1, 0.15) is 11.7 Å². The average Bonchev–Trinajstić information content (AvgIpc) is 2.99. The standard InChI is InChI=1S/C19H26N4O3/c1-12(2)8-17-19(26)22-10-14(21-13(3)24)9-15(22)11-23(17)18(25)16-6-4-5-7-20-16/h4-7,12,14-15,17H,8-11H2,1-3H3,(H,21,24). The Morgan fingerprint density at radius 2 is 2.08 bits per heavy atom. The molecule has 3 heterocycles. The molecule has 0 aromatic carbocycles. The van der Waals surface area contributed by atoms with Gasteiger partial charge in [0, 0.05) is 32.3 Å². The summed E-state index contributed by atoms with van der Waals surface area (Å²) in [6.45, 7) is 6.58. The summed E-state index contributed by atoms with van der Waals surface area (Å²) < 4.78 is 0. The van der Waals surface area contributed by atoms with E-state index in [0.717, 1.165) is 0 Å². The van der Waals surface area contributed by atoms with E-state index >= 15 is 0 Å². The second kappa shape index (κ2) is 7.43. The molecule has 3 unspecified atom stereocenters. The fraction of sp³-hybridized carbons (Fsp3) is 0.579. The van der Waals surface area contributed by atoms with Crippen molar-refractivity contribution >= 4 is 17.7 Å². The van der Waals surface area contributed by atoms with E-state index in [-0.39, 0.29) is 35.7 Å². The first kappa shape index (κ1) is 18.4. The number of pyridine rings is 1. The quantitative estimate of drug-likeness (QED) is 0.872. The summed E-state index contributed by atoms with van der Waals surface area (Å²) in [6.07, 6.45) is 2.88. The number of piperazine rings is 1. The molecule has 0 bridgehead atoms. The number of aromatic nitrogens is 1. The van der Waals surface area contributed by atoms with Crippen molar-refractivity contribution < 1.29 is 14.4 Å². The number of nitrogens with one attached hydrogen (secondary N) is 1. The number of fused-ring (bicyclic) bond motifs is 1. The van der Waals surface area contributed by atoms with E-state index < -0.39 is 6.04 Å². The van der Waals surface area contributed by atoms with Crippen molar-refractivity contribution in [2.24, 2.45) is 5.92 Å². The molecular formula is C19H26N4O3. The van der Waals surface area contributed by atoms with Gasteiger partial charge < -0.3 is 15.1 Å². The zero-order valence-corrected chi connectivity index (χ0v) is 15.5. The lowest BCUT2D eigenvalue weighted by molar-refractivity contribution is -0.142. The van der Waals surface area contributed by atoms with Crippen molar-refractivity contribution in [3.63, 3.8) is 0 Å². The lowest BCUT2D eigenvalue weighted by atomic mass is 9.96. The van der Waals surface area contributed by atoms with E-state index in [1.807, 2.05) is 18.7 Å². The summed E-state index contributed by atoms with van der Waals surface area (Å²) in [5, 5.41) is 2.90. The molecule has 2 saturated heterocycles. The summed E-state index contributed by atoms with van der Waals surface area (Å²) in [7, 11) is 0. The first-order valence-electron chi connectivity index (χ1n) is 9.16. The molecule has 2 fully saturated rings. The molecule has 3 rings (SSSR count). The predicted octanol–water partition coefficient (Wildman–Crippen LogP) is 1.06. The molecule has 1 aromatic heterocycles. The normalized spacial score (nSPS) is 25.4. The minimum Gasteiger partial charge on any atom is -0.352 e. The van der Waals surface area contributed by atoms with Gasteiger partial charge in [0.15, 0.2) is 0 Å². The second-order valence-electron chi connectivity index (χ2n) is 7.60. The number of rotatable bonds is 4. The van der Waals surface area contributed by atoms with E-state index in [1.165, 1.54) is 6.92 Å². The molecule has 0 radical (unpaired) electrons. The zero-order chi connectivity index (χ0) is 18.8. The van der Waals surface area contributed by atoms with Crippen molar-refractivity contribution in [2.75, 3.05) is 13.1 Å². The van der Waals surface area contributed by atoms with Crippen molar-refractivity contribution in [2.45, 2.75) is 51.7 Å². The molecule has 0 saturated carbocycles. The van der Waals surface area contributed by atoms with Crippen molar-refractivity contribution in [3.8, 4) is 0 Å². The van der Waals surface area contributed by atoms with Gasteiger partial charge in [-0.3, -0.25) is 19.4 Å². The van der Waals surface area contributed by atoms with Crippen LogP contribution in [0, 0.1) is 5.92 Å². The third kappa shape index (κ3) is 3.71. The zero-order valence-electron chi connectivity index (χ0n) is 15.5. The molecule has 1 aromatic rings. The van der Waals surface area contributed by atoms with Crippen molar-refractivity contribution in [1.82, 2.24) is 20.1 Å². The van der Waals surface area contributed by atoms with Gasteiger partial charge in [-0.2, -0.15) is 0 Å². The number of amides is 3. The maximum Gasteiger partial charge on any atom is 0.273 e. The first-order valence-corrected chi connectivity index (χ1v) is 9.16. The Kier molecular flexibility index (Phi) is 5.25. The Labute approximate surface area is 153 Å². The van der Waals surface area contributed by atoms with Crippen LogP contribution in [0.1, 0.15) is 44.1 Å². The Morgan fingerprint density at radius 3 is 2.69 bits per heavy atom. The van der Waals surface area contributed by atoms with Crippen LogP contribution in [-0.4, -0.2) is 63.7 Å². The Hall–Kier alpha value is -2.44. The van der Waals surface area contributed by atoms with Crippen LogP contribution in [0.2, 0.25) is 0 Å². The van der Waals surface area contributed by atoms with Crippen molar-refractivity contribution in [3.05, 3.63) is 30.1 Å². The molecule has 3 amide bonds. The molecule has 0 aliphatic carbocycles. The minimum atomic E-state index is -0.475. The van der Waals surface area contributed by atoms with Gasteiger partial charge in [0.25, 0.3) is 5.91 Å². The lowest BCUT2D eigenvalue weighted by Gasteiger charge is -2.43. The number of carbonyl (C=O) groups excluding carboxylic acids is 3. The number of hydrogen-bond donors (Lipinski definition) is 1. The van der Waals surface area contributed by atoms with Crippen LogP contribution >= 0.6 is 0 Å². The van der Waals surface area contributed by atoms with Gasteiger partial charge in [-0.05, 0) is 30.9 Å². The lowest BCUT2D eigenvalue weighted by Crippen LogP contribution is -2.61. The van der Waals surface area contributed by atoms with Crippen LogP contribution in [0.15, 0.2) is 24.4 Å². The van der Waals surface area contributed by atoms with E-state index in [1.54, 1.807) is 29.3 Å². The van der Waals surface area contributed by atoms with E-state index in [4.69, 9.17) is 0 Å². The fourth-order valence-electron chi connectivity index (χ4n) is 3.97. The molecule has 140 valence electrons. The van der Waals surface area contributed by atoms with Crippen LogP contribution in [-0.2, 0) is 9.59 Å². The number of hydrogen-bond acceptors (Lipinski definition) is 4. The maximum atomic E-state index is 13.1. The highest BCUT2D eigenvalue weighted by Gasteiger charge is 2.47. The van der Waals surface area contributed by atoms with Gasteiger partial charge >= 0.3 is 0 Å². The van der Waals surface area contributed by atoms with E-state index in [0.29, 0.717) is 31.6 Å². The molecule has 7 heteroatoms. The molecule has 2 aliphatic heterocycles. The van der Waals surface area contributed by atoms with E-state index in [9.17, 15) is 14.4 Å². The van der Waals surface area contributed by atoms with Crippen LogP contribution in [0.5, 0.6) is 0 Å². The molecule has 7 nitrogen and oxygen atoms in total. The summed E-state index contributed by atoms with van der Waals surface area (Å²) in [5.41, 5.74) is 0.360. The van der Waals surface area contributed by atoms with Crippen LogP contribution < -0.4 is 5.32 Å². The highest BCUT2D eigenvalue weighted by atomic mass is 16.2. The van der Waals surface area contributed by atoms with Gasteiger partial charge in [-0.15, -0.1) is 0 Å². The fourth-order valence-corrected chi connectivity index (χ4v) is 3.97. The molecule has 3 atom stereocenters. The van der Waals surface area contributed by atoms with Gasteiger partial charge in [-0.1, -0.05) is 19.9 Å². The number of nitrogens with zero attached hydrogens (tertiary/aromatic N) is 3. The summed E-state index contributed by atoms with van der Waals surface area (Å²) in [6, 6.07) is 4.64. The van der Waals surface area contributed by atoms with Gasteiger partial charge in [0.05, 0.1) is 6.04 Å². The van der Waals surface area contributed by atoms with Crippen LogP contribution in [0.3, 0.4) is 0 Å². The largest absolute Gasteiger partial charge is 0.352 e. The molecule has 26 heavy (non-hydrogen) atoms. The number of carbonyl (C=O) groups is 3. The van der Waals surface area contributed by atoms with Gasteiger partial charge in [-0.25, -0.2) is 0 Å². The van der Waals surface area contributed by atoms with Crippen molar-refractivity contribution in [1.29, 1.82) is 0 Å². The van der Waals surface area contributed by atoms with E-state index in [2.05, 4.69) is 10.3 Å². The second-order valence-corrected chi connectivity index (χ2v) is 7.60. The maximum absolute atomic E-state index is 13.1. The Bertz CT molecular complexity index is 691. The van der Waals surface area contributed by atoms with Crippen LogP contribution in [0.4, 0.5) is 0 Å². The average molecular weight is 358 g/mol. The topological polar surface area (TPSA) is 82.6 Å². The summed E-state index contributed by atoms with van der Waals surface area (Å²) in [5.74, 6) is -0.0324. The smallest absolute Gasteiger partial charge is 0.273 e. The molecule has 0 spiro atoms. The molecule has 1 N–H and O–H groups in total. The monoisotopic (exact) mass is 358 g/mol. The minimum absolute atomic E-state index is 0.0212. The van der Waals surface area contributed by atoms with Gasteiger partial charge in [0.2, 0.25) is 11.8 Å². The SMILES string of the molecule is CC(=O)NC1CC2CN(C(=O)c3ccccn3)C(CC(C)C)C(=O)N2C1. The highest BCUT2D eigenvalue weighted by molar-refractivity contribution is 5.97. The third-order valence-electron chi connectivity index (χ3n) is 5.01. The first-order chi connectivity index (χ1) is 12.4. The predicted molar refractivity (Wildman–Crippen MR) is 96.2 cm³/mol. The third-order valence-corrected chi connectivity index (χ3v) is 5.01. The molecular weight excluding hydrogens is 332 g/mol. The summed E-state index contributed by atoms with van der Waals surface area (Å²) >= 11 is 0. The molecule has 2 aliphatic rings. The Balaban J connectivity index is 1.84. The highest BCUT2D eigenvalue weighted by Crippen LogP contribution is 2.29. The Morgan fingerprint density at radius 1 is 1.31 bits per heavy atom. The summed E-state index contributed by atoms with van der Waals surface area (Å²) in [4.78, 5) is 45.2. The van der Waals surface area contributed by atoms with Crippen LogP contribution in [0.25, 0.3) is 0 Å².